The zero-order valence-electron chi connectivity index (χ0n) is 9.10. The van der Waals surface area contributed by atoms with Crippen LogP contribution < -0.4 is 0 Å². The van der Waals surface area contributed by atoms with Crippen LogP contribution in [0.3, 0.4) is 0 Å². The van der Waals surface area contributed by atoms with Crippen molar-refractivity contribution >= 4 is 16.4 Å². The summed E-state index contributed by atoms with van der Waals surface area (Å²) in [6.45, 7) is 4.24. The van der Waals surface area contributed by atoms with E-state index in [-0.39, 0.29) is 6.42 Å². The van der Waals surface area contributed by atoms with E-state index in [2.05, 4.69) is 18.0 Å². The van der Waals surface area contributed by atoms with Gasteiger partial charge in [-0.25, -0.2) is 0 Å². The van der Waals surface area contributed by atoms with Crippen molar-refractivity contribution in [2.75, 3.05) is 0 Å². The number of carbonyl (C=O) groups excluding carboxylic acids is 1. The van der Waals surface area contributed by atoms with Crippen molar-refractivity contribution in [2.24, 2.45) is 5.92 Å². The molecule has 0 aromatic heterocycles. The van der Waals surface area contributed by atoms with Gasteiger partial charge >= 0.3 is 16.4 Å². The summed E-state index contributed by atoms with van der Waals surface area (Å²) in [5.41, 5.74) is 0. The van der Waals surface area contributed by atoms with Crippen LogP contribution in [0.1, 0.15) is 46.0 Å². The Balaban J connectivity index is 3.48. The highest BCUT2D eigenvalue weighted by atomic mass is 32.3. The zero-order valence-corrected chi connectivity index (χ0v) is 9.92. The third-order valence-electron chi connectivity index (χ3n) is 1.86. The Hall–Kier alpha value is -0.620. The Morgan fingerprint density at radius 2 is 1.87 bits per heavy atom. The van der Waals surface area contributed by atoms with Crippen molar-refractivity contribution in [1.82, 2.24) is 0 Å². The van der Waals surface area contributed by atoms with Gasteiger partial charge in [0, 0.05) is 6.42 Å². The molecule has 0 heterocycles. The first kappa shape index (κ1) is 14.4. The highest BCUT2D eigenvalue weighted by Gasteiger charge is 2.12. The molecule has 0 saturated carbocycles. The molecule has 0 spiro atoms. The second-order valence-corrected chi connectivity index (χ2v) is 4.90. The van der Waals surface area contributed by atoms with E-state index in [1.54, 1.807) is 0 Å². The van der Waals surface area contributed by atoms with Crippen LogP contribution in [-0.4, -0.2) is 18.9 Å². The van der Waals surface area contributed by atoms with Crippen LogP contribution in [0.4, 0.5) is 0 Å². The second kappa shape index (κ2) is 6.79. The van der Waals surface area contributed by atoms with E-state index in [0.29, 0.717) is 12.3 Å². The smallest absolute Gasteiger partial charge is 0.325 e. The molecule has 0 aliphatic carbocycles. The molecule has 0 rings (SSSR count). The number of hydrogen-bond acceptors (Lipinski definition) is 4. The van der Waals surface area contributed by atoms with Gasteiger partial charge in [-0.15, -0.1) is 0 Å². The van der Waals surface area contributed by atoms with Crippen LogP contribution in [0.2, 0.25) is 0 Å². The topological polar surface area (TPSA) is 80.7 Å². The van der Waals surface area contributed by atoms with Gasteiger partial charge in [0.1, 0.15) is 0 Å². The third-order valence-corrected chi connectivity index (χ3v) is 2.26. The van der Waals surface area contributed by atoms with Crippen LogP contribution in [0.25, 0.3) is 0 Å². The molecule has 0 amide bonds. The normalized spacial score (nSPS) is 11.7. The fraction of sp³-hybridized carbons (Fsp3) is 0.889. The number of hydrogen-bond donors (Lipinski definition) is 1. The summed E-state index contributed by atoms with van der Waals surface area (Å²) in [7, 11) is -4.63. The summed E-state index contributed by atoms with van der Waals surface area (Å²) in [4.78, 5) is 10.8. The van der Waals surface area contributed by atoms with E-state index >= 15 is 0 Å². The van der Waals surface area contributed by atoms with Gasteiger partial charge in [0.15, 0.2) is 0 Å². The van der Waals surface area contributed by atoms with Gasteiger partial charge in [-0.1, -0.05) is 33.1 Å². The molecular weight excluding hydrogens is 220 g/mol. The first-order valence-corrected chi connectivity index (χ1v) is 6.37. The summed E-state index contributed by atoms with van der Waals surface area (Å²) in [6, 6.07) is 0. The minimum absolute atomic E-state index is 0.0257. The average Bonchev–Trinajstić information content (AvgIpc) is 1.99. The molecule has 0 fully saturated rings. The summed E-state index contributed by atoms with van der Waals surface area (Å²) in [6.07, 6.45) is 3.57. The standard InChI is InChI=1S/C9H18O5S/c1-8(2)6-4-3-5-7-9(10)14-15(11,12)13/h8H,3-7H2,1-2H3,(H,11,12,13). The van der Waals surface area contributed by atoms with Gasteiger partial charge in [-0.3, -0.25) is 9.35 Å². The summed E-state index contributed by atoms with van der Waals surface area (Å²) in [5, 5.41) is 0. The lowest BCUT2D eigenvalue weighted by molar-refractivity contribution is -0.134. The van der Waals surface area contributed by atoms with E-state index in [1.165, 1.54) is 0 Å². The van der Waals surface area contributed by atoms with Crippen molar-refractivity contribution in [3.05, 3.63) is 0 Å². The SMILES string of the molecule is CC(C)CCCCCC(=O)OS(=O)(=O)O. The minimum Gasteiger partial charge on any atom is -0.325 e. The molecule has 0 saturated heterocycles. The lowest BCUT2D eigenvalue weighted by Crippen LogP contribution is -2.11. The molecule has 15 heavy (non-hydrogen) atoms. The van der Waals surface area contributed by atoms with Crippen LogP contribution in [0.15, 0.2) is 0 Å². The molecule has 6 heteroatoms. The molecular formula is C9H18O5S. The molecule has 0 aliphatic rings. The van der Waals surface area contributed by atoms with Crippen LogP contribution >= 0.6 is 0 Å². The minimum atomic E-state index is -4.63. The highest BCUT2D eigenvalue weighted by Crippen LogP contribution is 2.10. The van der Waals surface area contributed by atoms with Crippen molar-refractivity contribution in [3.8, 4) is 0 Å². The lowest BCUT2D eigenvalue weighted by Gasteiger charge is -2.03. The number of unbranched alkanes of at least 4 members (excludes halogenated alkanes) is 2. The molecule has 0 aliphatic heterocycles. The van der Waals surface area contributed by atoms with Gasteiger partial charge in [-0.05, 0) is 12.3 Å². The zero-order chi connectivity index (χ0) is 11.9. The van der Waals surface area contributed by atoms with Gasteiger partial charge in [0.2, 0.25) is 0 Å². The summed E-state index contributed by atoms with van der Waals surface area (Å²) < 4.78 is 32.2. The maximum absolute atomic E-state index is 10.8. The summed E-state index contributed by atoms with van der Waals surface area (Å²) >= 11 is 0. The Morgan fingerprint density at radius 3 is 2.33 bits per heavy atom. The molecule has 0 aromatic rings. The fourth-order valence-electron chi connectivity index (χ4n) is 1.16. The Morgan fingerprint density at radius 1 is 1.27 bits per heavy atom. The fourth-order valence-corrected chi connectivity index (χ4v) is 1.48. The maximum atomic E-state index is 10.8. The lowest BCUT2D eigenvalue weighted by atomic mass is 10.0. The van der Waals surface area contributed by atoms with E-state index in [9.17, 15) is 13.2 Å². The highest BCUT2D eigenvalue weighted by molar-refractivity contribution is 7.81. The van der Waals surface area contributed by atoms with E-state index in [4.69, 9.17) is 4.55 Å². The predicted molar refractivity (Wildman–Crippen MR) is 55.6 cm³/mol. The van der Waals surface area contributed by atoms with Gasteiger partial charge in [-0.2, -0.15) is 8.42 Å². The molecule has 0 atom stereocenters. The predicted octanol–water partition coefficient (Wildman–Crippen LogP) is 1.94. The quantitative estimate of drug-likeness (QED) is 0.541. The largest absolute Gasteiger partial charge is 0.448 e. The monoisotopic (exact) mass is 238 g/mol. The second-order valence-electron chi connectivity index (χ2n) is 3.88. The van der Waals surface area contributed by atoms with Gasteiger partial charge in [0.05, 0.1) is 0 Å². The number of carbonyl (C=O) groups is 1. The van der Waals surface area contributed by atoms with Gasteiger partial charge < -0.3 is 4.18 Å². The molecule has 0 bridgehead atoms. The molecule has 90 valence electrons. The van der Waals surface area contributed by atoms with Crippen molar-refractivity contribution in [2.45, 2.75) is 46.0 Å². The van der Waals surface area contributed by atoms with Crippen LogP contribution in [-0.2, 0) is 19.4 Å². The van der Waals surface area contributed by atoms with E-state index < -0.39 is 16.4 Å². The first-order valence-electron chi connectivity index (χ1n) is 5.01. The van der Waals surface area contributed by atoms with Crippen molar-refractivity contribution in [1.29, 1.82) is 0 Å². The van der Waals surface area contributed by atoms with Crippen LogP contribution in [0, 0.1) is 5.92 Å². The average molecular weight is 238 g/mol. The van der Waals surface area contributed by atoms with Crippen molar-refractivity contribution in [3.63, 3.8) is 0 Å². The van der Waals surface area contributed by atoms with Crippen LogP contribution in [0.5, 0.6) is 0 Å². The van der Waals surface area contributed by atoms with E-state index in [0.717, 1.165) is 19.3 Å². The maximum Gasteiger partial charge on any atom is 0.448 e. The molecule has 5 nitrogen and oxygen atoms in total. The van der Waals surface area contributed by atoms with Crippen molar-refractivity contribution < 1.29 is 21.9 Å². The first-order chi connectivity index (χ1) is 6.81. The molecule has 0 aromatic carbocycles. The molecule has 0 unspecified atom stereocenters. The Kier molecular flexibility index (Phi) is 6.51. The Bertz CT molecular complexity index is 281. The number of rotatable bonds is 7. The third kappa shape index (κ3) is 11.3. The molecule has 1 N–H and O–H groups in total. The Labute approximate surface area is 90.8 Å². The molecule has 0 radical (unpaired) electrons. The van der Waals surface area contributed by atoms with Gasteiger partial charge in [0.25, 0.3) is 0 Å². The van der Waals surface area contributed by atoms with E-state index in [1.807, 2.05) is 0 Å². The summed E-state index contributed by atoms with van der Waals surface area (Å²) in [5.74, 6) is -0.267.